The highest BCUT2D eigenvalue weighted by Crippen LogP contribution is 2.30. The second-order valence-electron chi connectivity index (χ2n) is 5.35. The van der Waals surface area contributed by atoms with Gasteiger partial charge in [-0.15, -0.1) is 11.6 Å². The van der Waals surface area contributed by atoms with Crippen LogP contribution in [0.1, 0.15) is 12.2 Å². The van der Waals surface area contributed by atoms with E-state index < -0.39 is 0 Å². The Morgan fingerprint density at radius 3 is 3.00 bits per heavy atom. The van der Waals surface area contributed by atoms with Crippen molar-refractivity contribution in [1.82, 2.24) is 9.55 Å². The minimum absolute atomic E-state index is 0.295. The van der Waals surface area contributed by atoms with Gasteiger partial charge in [-0.25, -0.2) is 4.98 Å². The molecule has 1 unspecified atom stereocenters. The third-order valence-electron chi connectivity index (χ3n) is 4.07. The van der Waals surface area contributed by atoms with Crippen molar-refractivity contribution in [2.45, 2.75) is 25.0 Å². The fourth-order valence-corrected chi connectivity index (χ4v) is 3.22. The number of aryl methyl sites for hydroxylation is 1. The Balaban J connectivity index is 2.06. The van der Waals surface area contributed by atoms with Gasteiger partial charge in [0, 0.05) is 32.4 Å². The van der Waals surface area contributed by atoms with Gasteiger partial charge in [-0.2, -0.15) is 0 Å². The first-order chi connectivity index (χ1) is 10.2. The fraction of sp³-hybridized carbons (Fsp3) is 0.533. The first-order valence-electron chi connectivity index (χ1n) is 7.01. The maximum atomic E-state index is 6.26. The van der Waals surface area contributed by atoms with E-state index in [1.165, 1.54) is 0 Å². The van der Waals surface area contributed by atoms with Gasteiger partial charge in [0.25, 0.3) is 0 Å². The molecule has 0 radical (unpaired) electrons. The average molecular weight is 329 g/mol. The maximum absolute atomic E-state index is 6.26. The van der Waals surface area contributed by atoms with E-state index in [0.29, 0.717) is 30.5 Å². The number of imidazole rings is 1. The van der Waals surface area contributed by atoms with Crippen LogP contribution in [-0.2, 0) is 22.4 Å². The van der Waals surface area contributed by atoms with E-state index in [4.69, 9.17) is 32.7 Å². The Bertz CT molecular complexity index is 636. The molecule has 2 heterocycles. The SMILES string of the molecule is COC1(Cn2c(CCCl)nc3c(Cl)cccc32)CCOC1. The summed E-state index contributed by atoms with van der Waals surface area (Å²) in [7, 11) is 1.74. The summed E-state index contributed by atoms with van der Waals surface area (Å²) >= 11 is 12.2. The number of ether oxygens (including phenoxy) is 2. The van der Waals surface area contributed by atoms with E-state index in [2.05, 4.69) is 9.55 Å². The third-order valence-corrected chi connectivity index (χ3v) is 4.57. The molecule has 6 heteroatoms. The zero-order chi connectivity index (χ0) is 14.9. The summed E-state index contributed by atoms with van der Waals surface area (Å²) < 4.78 is 13.4. The molecule has 1 aliphatic rings. The van der Waals surface area contributed by atoms with Crippen molar-refractivity contribution < 1.29 is 9.47 Å². The number of benzene rings is 1. The van der Waals surface area contributed by atoms with Crippen molar-refractivity contribution in [3.63, 3.8) is 0 Å². The lowest BCUT2D eigenvalue weighted by molar-refractivity contribution is -0.0292. The molecule has 0 aliphatic carbocycles. The summed E-state index contributed by atoms with van der Waals surface area (Å²) in [4.78, 5) is 4.66. The van der Waals surface area contributed by atoms with Crippen molar-refractivity contribution in [2.24, 2.45) is 0 Å². The highest BCUT2D eigenvalue weighted by Gasteiger charge is 2.36. The predicted octanol–water partition coefficient (Wildman–Crippen LogP) is 3.28. The van der Waals surface area contributed by atoms with Crippen LogP contribution >= 0.6 is 23.2 Å². The number of rotatable bonds is 5. The molecule has 1 saturated heterocycles. The zero-order valence-corrected chi connectivity index (χ0v) is 13.5. The van der Waals surface area contributed by atoms with Gasteiger partial charge in [-0.05, 0) is 12.1 Å². The second-order valence-corrected chi connectivity index (χ2v) is 6.14. The smallest absolute Gasteiger partial charge is 0.111 e. The standard InChI is InChI=1S/C15H18Cl2N2O2/c1-20-15(6-8-21-10-15)9-19-12-4-2-3-11(17)14(12)18-13(19)5-7-16/h2-4H,5-10H2,1H3. The van der Waals surface area contributed by atoms with E-state index in [1.54, 1.807) is 7.11 Å². The third kappa shape index (κ3) is 2.78. The molecule has 1 atom stereocenters. The summed E-state index contributed by atoms with van der Waals surface area (Å²) in [6.07, 6.45) is 1.58. The van der Waals surface area contributed by atoms with Gasteiger partial charge >= 0.3 is 0 Å². The quantitative estimate of drug-likeness (QED) is 0.790. The molecule has 3 rings (SSSR count). The number of nitrogens with zero attached hydrogens (tertiary/aromatic N) is 2. The molecule has 1 fully saturated rings. The topological polar surface area (TPSA) is 36.3 Å². The molecule has 0 spiro atoms. The van der Waals surface area contributed by atoms with Crippen LogP contribution in [0.2, 0.25) is 5.02 Å². The summed E-state index contributed by atoms with van der Waals surface area (Å²) in [5.41, 5.74) is 1.55. The van der Waals surface area contributed by atoms with E-state index in [9.17, 15) is 0 Å². The number of methoxy groups -OCH3 is 1. The normalized spacial score (nSPS) is 22.2. The Hall–Kier alpha value is -0.810. The molecule has 0 amide bonds. The summed E-state index contributed by atoms with van der Waals surface area (Å²) in [6, 6.07) is 5.83. The Morgan fingerprint density at radius 2 is 2.33 bits per heavy atom. The summed E-state index contributed by atoms with van der Waals surface area (Å²) in [5.74, 6) is 1.47. The summed E-state index contributed by atoms with van der Waals surface area (Å²) in [5, 5.41) is 0.663. The van der Waals surface area contributed by atoms with Gasteiger partial charge in [0.15, 0.2) is 0 Å². The number of fused-ring (bicyclic) bond motifs is 1. The fourth-order valence-electron chi connectivity index (χ4n) is 2.84. The molecule has 0 N–H and O–H groups in total. The lowest BCUT2D eigenvalue weighted by Crippen LogP contribution is -2.37. The monoisotopic (exact) mass is 328 g/mol. The van der Waals surface area contributed by atoms with Crippen molar-refractivity contribution in [3.05, 3.63) is 29.0 Å². The van der Waals surface area contributed by atoms with Gasteiger partial charge in [0.05, 0.1) is 23.7 Å². The Kier molecular flexibility index (Phi) is 4.41. The zero-order valence-electron chi connectivity index (χ0n) is 11.9. The van der Waals surface area contributed by atoms with E-state index in [1.807, 2.05) is 18.2 Å². The Labute approximate surface area is 133 Å². The Morgan fingerprint density at radius 1 is 1.48 bits per heavy atom. The number of halogens is 2. The van der Waals surface area contributed by atoms with Crippen LogP contribution in [0.15, 0.2) is 18.2 Å². The number of para-hydroxylation sites is 1. The van der Waals surface area contributed by atoms with Crippen LogP contribution in [0.25, 0.3) is 11.0 Å². The predicted molar refractivity (Wildman–Crippen MR) is 84.3 cm³/mol. The van der Waals surface area contributed by atoms with E-state index in [0.717, 1.165) is 29.9 Å². The van der Waals surface area contributed by atoms with Gasteiger partial charge in [0.2, 0.25) is 0 Å². The second kappa shape index (κ2) is 6.13. The first-order valence-corrected chi connectivity index (χ1v) is 7.93. The highest BCUT2D eigenvalue weighted by molar-refractivity contribution is 6.34. The van der Waals surface area contributed by atoms with Crippen LogP contribution in [0, 0.1) is 0 Å². The molecule has 2 aromatic rings. The first kappa shape index (κ1) is 15.1. The number of hydrogen-bond acceptors (Lipinski definition) is 3. The highest BCUT2D eigenvalue weighted by atomic mass is 35.5. The molecule has 1 aromatic heterocycles. The van der Waals surface area contributed by atoms with Crippen molar-refractivity contribution in [1.29, 1.82) is 0 Å². The maximum Gasteiger partial charge on any atom is 0.111 e. The lowest BCUT2D eigenvalue weighted by Gasteiger charge is -2.27. The molecule has 4 nitrogen and oxygen atoms in total. The number of hydrogen-bond donors (Lipinski definition) is 0. The van der Waals surface area contributed by atoms with Crippen LogP contribution < -0.4 is 0 Å². The van der Waals surface area contributed by atoms with Crippen LogP contribution in [0.5, 0.6) is 0 Å². The largest absolute Gasteiger partial charge is 0.378 e. The minimum Gasteiger partial charge on any atom is -0.378 e. The van der Waals surface area contributed by atoms with Crippen LogP contribution in [0.4, 0.5) is 0 Å². The minimum atomic E-state index is -0.295. The average Bonchev–Trinajstić information content (AvgIpc) is 3.08. The van der Waals surface area contributed by atoms with Crippen molar-refractivity contribution >= 4 is 34.2 Å². The molecule has 114 valence electrons. The van der Waals surface area contributed by atoms with Crippen LogP contribution in [0.3, 0.4) is 0 Å². The number of alkyl halides is 1. The summed E-state index contributed by atoms with van der Waals surface area (Å²) in [6.45, 7) is 2.03. The molecule has 0 bridgehead atoms. The van der Waals surface area contributed by atoms with E-state index >= 15 is 0 Å². The van der Waals surface area contributed by atoms with Gasteiger partial charge in [-0.1, -0.05) is 17.7 Å². The molecular formula is C15H18Cl2N2O2. The molecule has 1 aromatic carbocycles. The molecule has 0 saturated carbocycles. The molecule has 21 heavy (non-hydrogen) atoms. The van der Waals surface area contributed by atoms with Gasteiger partial charge < -0.3 is 14.0 Å². The van der Waals surface area contributed by atoms with E-state index in [-0.39, 0.29) is 5.60 Å². The van der Waals surface area contributed by atoms with Gasteiger partial charge in [-0.3, -0.25) is 0 Å². The van der Waals surface area contributed by atoms with Crippen LogP contribution in [-0.4, -0.2) is 41.4 Å². The lowest BCUT2D eigenvalue weighted by atomic mass is 10.0. The van der Waals surface area contributed by atoms with Gasteiger partial charge in [0.1, 0.15) is 16.9 Å². The van der Waals surface area contributed by atoms with Crippen molar-refractivity contribution in [2.75, 3.05) is 26.2 Å². The molecular weight excluding hydrogens is 311 g/mol. The molecule has 1 aliphatic heterocycles. The number of aromatic nitrogens is 2. The van der Waals surface area contributed by atoms with Crippen molar-refractivity contribution in [3.8, 4) is 0 Å².